The van der Waals surface area contributed by atoms with Crippen LogP contribution in [0.1, 0.15) is 36.3 Å². The standard InChI is InChI=1S/C29H33ClN2O2S2/c1-31(36(33,34)26-7-3-2-4-8-26)21-24(23-11-13-25(30)14-12-23)15-18-32-19-16-29(17-20-32)22-35-28-10-6-5-9-27(28)29/h2-14,24H,15-22H2,1H3/t24-/m1/s1. The molecule has 3 aromatic carbocycles. The van der Waals surface area contributed by atoms with Gasteiger partial charge in [0.05, 0.1) is 4.90 Å². The number of sulfonamides is 1. The highest BCUT2D eigenvalue weighted by Gasteiger charge is 2.41. The zero-order valence-electron chi connectivity index (χ0n) is 20.6. The molecule has 5 rings (SSSR count). The SMILES string of the molecule is CN(C[C@@H](CCN1CCC2(CC1)CSc1ccccc12)c1ccc(Cl)cc1)S(=O)(=O)c1ccccc1. The number of benzene rings is 3. The van der Waals surface area contributed by atoms with Crippen LogP contribution in [-0.4, -0.2) is 56.6 Å². The third-order valence-electron chi connectivity index (χ3n) is 7.84. The minimum Gasteiger partial charge on any atom is -0.303 e. The van der Waals surface area contributed by atoms with Gasteiger partial charge in [-0.05, 0) is 86.3 Å². The quantitative estimate of drug-likeness (QED) is 0.337. The lowest BCUT2D eigenvalue weighted by Gasteiger charge is -2.40. The first kappa shape index (κ1) is 25.8. The zero-order chi connectivity index (χ0) is 25.2. The van der Waals surface area contributed by atoms with Gasteiger partial charge in [-0.15, -0.1) is 11.8 Å². The average Bonchev–Trinajstić information content (AvgIpc) is 3.26. The molecule has 1 fully saturated rings. The molecule has 1 saturated heterocycles. The van der Waals surface area contributed by atoms with Crippen molar-refractivity contribution in [3.63, 3.8) is 0 Å². The maximum Gasteiger partial charge on any atom is 0.242 e. The molecule has 2 aliphatic rings. The lowest BCUT2D eigenvalue weighted by atomic mass is 9.74. The van der Waals surface area contributed by atoms with Crippen molar-refractivity contribution in [1.82, 2.24) is 9.21 Å². The molecule has 0 unspecified atom stereocenters. The van der Waals surface area contributed by atoms with Gasteiger partial charge in [-0.25, -0.2) is 12.7 Å². The highest BCUT2D eigenvalue weighted by Crippen LogP contribution is 2.49. The fourth-order valence-electron chi connectivity index (χ4n) is 5.56. The number of piperidine rings is 1. The first-order valence-corrected chi connectivity index (χ1v) is 15.4. The van der Waals surface area contributed by atoms with Crippen molar-refractivity contribution in [1.29, 1.82) is 0 Å². The molecular formula is C29H33ClN2O2S2. The van der Waals surface area contributed by atoms with Crippen molar-refractivity contribution in [3.05, 3.63) is 95.0 Å². The van der Waals surface area contributed by atoms with Gasteiger partial charge in [0.15, 0.2) is 0 Å². The molecule has 1 spiro atoms. The highest BCUT2D eigenvalue weighted by atomic mass is 35.5. The largest absolute Gasteiger partial charge is 0.303 e. The average molecular weight is 541 g/mol. The summed E-state index contributed by atoms with van der Waals surface area (Å²) < 4.78 is 27.9. The summed E-state index contributed by atoms with van der Waals surface area (Å²) in [5, 5.41) is 0.693. The van der Waals surface area contributed by atoms with Crippen LogP contribution in [0.15, 0.2) is 88.7 Å². The molecule has 7 heteroatoms. The van der Waals surface area contributed by atoms with E-state index in [2.05, 4.69) is 29.2 Å². The molecule has 36 heavy (non-hydrogen) atoms. The van der Waals surface area contributed by atoms with Crippen LogP contribution in [0.25, 0.3) is 0 Å². The Kier molecular flexibility index (Phi) is 7.80. The van der Waals surface area contributed by atoms with Crippen molar-refractivity contribution in [3.8, 4) is 0 Å². The van der Waals surface area contributed by atoms with Gasteiger partial charge in [0.25, 0.3) is 0 Å². The Morgan fingerprint density at radius 3 is 2.36 bits per heavy atom. The number of fused-ring (bicyclic) bond motifs is 2. The second kappa shape index (κ2) is 10.9. The van der Waals surface area contributed by atoms with E-state index in [1.165, 1.54) is 27.8 Å². The number of rotatable bonds is 8. The number of thioether (sulfide) groups is 1. The molecule has 0 aromatic heterocycles. The molecule has 190 valence electrons. The monoisotopic (exact) mass is 540 g/mol. The van der Waals surface area contributed by atoms with Crippen molar-refractivity contribution < 1.29 is 8.42 Å². The van der Waals surface area contributed by atoms with Crippen LogP contribution < -0.4 is 0 Å². The Bertz CT molecular complexity index is 1270. The van der Waals surface area contributed by atoms with Crippen LogP contribution in [-0.2, 0) is 15.4 Å². The second-order valence-electron chi connectivity index (χ2n) is 10.0. The van der Waals surface area contributed by atoms with Crippen LogP contribution in [0.3, 0.4) is 0 Å². The molecule has 1 atom stereocenters. The number of likely N-dealkylation sites (N-methyl/N-ethyl adjacent to an activating group) is 1. The van der Waals surface area contributed by atoms with E-state index in [0.717, 1.165) is 31.6 Å². The van der Waals surface area contributed by atoms with Crippen molar-refractivity contribution >= 4 is 33.4 Å². The molecule has 0 bridgehead atoms. The van der Waals surface area contributed by atoms with Crippen LogP contribution in [0.5, 0.6) is 0 Å². The molecule has 4 nitrogen and oxygen atoms in total. The smallest absolute Gasteiger partial charge is 0.242 e. The van der Waals surface area contributed by atoms with Gasteiger partial charge in [-0.1, -0.05) is 60.1 Å². The fraction of sp³-hybridized carbons (Fsp3) is 0.379. The maximum absolute atomic E-state index is 13.2. The summed E-state index contributed by atoms with van der Waals surface area (Å²) in [5.41, 5.74) is 2.99. The Morgan fingerprint density at radius 2 is 1.64 bits per heavy atom. The third kappa shape index (κ3) is 5.39. The summed E-state index contributed by atoms with van der Waals surface area (Å²) in [6.45, 7) is 3.55. The zero-order valence-corrected chi connectivity index (χ0v) is 23.0. The van der Waals surface area contributed by atoms with E-state index in [1.54, 1.807) is 36.9 Å². The summed E-state index contributed by atoms with van der Waals surface area (Å²) in [6, 6.07) is 25.5. The van der Waals surface area contributed by atoms with Gasteiger partial charge in [-0.3, -0.25) is 0 Å². The fourth-order valence-corrected chi connectivity index (χ4v) is 8.41. The molecule has 0 radical (unpaired) electrons. The molecule has 3 aromatic rings. The molecule has 0 saturated carbocycles. The highest BCUT2D eigenvalue weighted by molar-refractivity contribution is 7.99. The minimum absolute atomic E-state index is 0.0874. The Balaban J connectivity index is 1.26. The van der Waals surface area contributed by atoms with E-state index in [9.17, 15) is 8.42 Å². The first-order chi connectivity index (χ1) is 17.4. The summed E-state index contributed by atoms with van der Waals surface area (Å²) >= 11 is 8.16. The molecule has 0 N–H and O–H groups in total. The Morgan fingerprint density at radius 1 is 0.972 bits per heavy atom. The summed E-state index contributed by atoms with van der Waals surface area (Å²) in [6.07, 6.45) is 3.27. The van der Waals surface area contributed by atoms with Gasteiger partial charge in [-0.2, -0.15) is 0 Å². The molecule has 2 aliphatic heterocycles. The number of hydrogen-bond donors (Lipinski definition) is 0. The second-order valence-corrected chi connectivity index (χ2v) is 13.5. The Hall–Kier alpha value is -1.83. The number of halogens is 1. The van der Waals surface area contributed by atoms with Gasteiger partial charge in [0.2, 0.25) is 10.0 Å². The molecule has 2 heterocycles. The topological polar surface area (TPSA) is 40.6 Å². The molecule has 0 amide bonds. The van der Waals surface area contributed by atoms with Crippen molar-refractivity contribution in [2.24, 2.45) is 0 Å². The summed E-state index contributed by atoms with van der Waals surface area (Å²) in [5.74, 6) is 1.28. The van der Waals surface area contributed by atoms with Crippen molar-refractivity contribution in [2.75, 3.05) is 39.0 Å². The molecule has 0 aliphatic carbocycles. The summed E-state index contributed by atoms with van der Waals surface area (Å²) in [7, 11) is -1.86. The van der Waals surface area contributed by atoms with Gasteiger partial charge in [0.1, 0.15) is 0 Å². The normalized spacial score (nSPS) is 18.4. The predicted octanol–water partition coefficient (Wildman–Crippen LogP) is 6.27. The maximum atomic E-state index is 13.2. The lowest BCUT2D eigenvalue weighted by molar-refractivity contribution is 0.166. The van der Waals surface area contributed by atoms with Gasteiger partial charge < -0.3 is 4.90 Å². The first-order valence-electron chi connectivity index (χ1n) is 12.6. The number of likely N-dealkylation sites (tertiary alicyclic amines) is 1. The van der Waals surface area contributed by atoms with E-state index in [1.807, 2.05) is 42.1 Å². The van der Waals surface area contributed by atoms with Crippen LogP contribution in [0.4, 0.5) is 0 Å². The Labute approximate surface area is 224 Å². The van der Waals surface area contributed by atoms with E-state index >= 15 is 0 Å². The van der Waals surface area contributed by atoms with E-state index in [-0.39, 0.29) is 5.92 Å². The van der Waals surface area contributed by atoms with Crippen LogP contribution >= 0.6 is 23.4 Å². The van der Waals surface area contributed by atoms with Gasteiger partial charge in [0, 0.05) is 34.7 Å². The minimum atomic E-state index is -3.55. The van der Waals surface area contributed by atoms with Gasteiger partial charge >= 0.3 is 0 Å². The lowest BCUT2D eigenvalue weighted by Crippen LogP contribution is -2.43. The van der Waals surface area contributed by atoms with Crippen molar-refractivity contribution in [2.45, 2.75) is 40.4 Å². The molecular weight excluding hydrogens is 508 g/mol. The third-order valence-corrected chi connectivity index (χ3v) is 11.3. The summed E-state index contributed by atoms with van der Waals surface area (Å²) in [4.78, 5) is 4.35. The number of nitrogens with zero attached hydrogens (tertiary/aromatic N) is 2. The van der Waals surface area contributed by atoms with Crippen LogP contribution in [0.2, 0.25) is 5.02 Å². The predicted molar refractivity (Wildman–Crippen MR) is 150 cm³/mol. The number of hydrogen-bond acceptors (Lipinski definition) is 4. The van der Waals surface area contributed by atoms with Crippen LogP contribution in [0, 0.1) is 0 Å². The van der Waals surface area contributed by atoms with E-state index < -0.39 is 10.0 Å². The van der Waals surface area contributed by atoms with E-state index in [4.69, 9.17) is 11.6 Å². The van der Waals surface area contributed by atoms with E-state index in [0.29, 0.717) is 21.9 Å².